The first-order valence-electron chi connectivity index (χ1n) is 9.07. The lowest BCUT2D eigenvalue weighted by Gasteiger charge is -2.39. The molecule has 0 aromatic heterocycles. The summed E-state index contributed by atoms with van der Waals surface area (Å²) in [7, 11) is 0. The summed E-state index contributed by atoms with van der Waals surface area (Å²) in [5, 5.41) is 22.3. The molecule has 1 aromatic carbocycles. The number of hydrogen-bond acceptors (Lipinski definition) is 6. The van der Waals surface area contributed by atoms with Crippen LogP contribution in [0.4, 0.5) is 16.2 Å². The zero-order valence-corrected chi connectivity index (χ0v) is 16.6. The minimum Gasteiger partial charge on any atom is -0.444 e. The summed E-state index contributed by atoms with van der Waals surface area (Å²) in [5.74, 6) is 0. The first-order chi connectivity index (χ1) is 12.7. The number of aliphatic hydroxyl groups is 1. The van der Waals surface area contributed by atoms with Crippen LogP contribution in [0.15, 0.2) is 12.1 Å². The third kappa shape index (κ3) is 4.64. The molecular weight excluding hydrogens is 368 g/mol. The summed E-state index contributed by atoms with van der Waals surface area (Å²) in [6.45, 7) is 8.32. The van der Waals surface area contributed by atoms with Crippen LogP contribution in [0, 0.1) is 11.3 Å². The molecule has 146 valence electrons. The van der Waals surface area contributed by atoms with E-state index in [0.717, 1.165) is 26.1 Å². The molecule has 8 heteroatoms. The van der Waals surface area contributed by atoms with Crippen molar-refractivity contribution in [2.24, 2.45) is 0 Å². The molecule has 0 aliphatic carbocycles. The Bertz CT molecular complexity index is 771. The summed E-state index contributed by atoms with van der Waals surface area (Å²) in [6.07, 6.45) is -0.177. The molecule has 2 N–H and O–H groups in total. The Hall–Kier alpha value is -2.01. The Labute approximate surface area is 164 Å². The van der Waals surface area contributed by atoms with E-state index in [1.165, 1.54) is 0 Å². The number of carbonyl (C=O) groups excluding carboxylic acids is 1. The Balaban J connectivity index is 1.83. The first-order valence-corrected chi connectivity index (χ1v) is 9.45. The van der Waals surface area contributed by atoms with E-state index in [4.69, 9.17) is 16.3 Å². The number of amides is 1. The Kier molecular flexibility index (Phi) is 5.52. The van der Waals surface area contributed by atoms with E-state index in [-0.39, 0.29) is 12.1 Å². The van der Waals surface area contributed by atoms with Crippen molar-refractivity contribution in [1.82, 2.24) is 4.90 Å². The van der Waals surface area contributed by atoms with Crippen LogP contribution in [0.25, 0.3) is 0 Å². The summed E-state index contributed by atoms with van der Waals surface area (Å²) in [4.78, 5) is 16.5. The lowest BCUT2D eigenvalue weighted by molar-refractivity contribution is 0.0636. The molecule has 0 spiro atoms. The third-order valence-electron chi connectivity index (χ3n) is 4.75. The van der Waals surface area contributed by atoms with E-state index in [0.29, 0.717) is 28.5 Å². The predicted octanol–water partition coefficient (Wildman–Crippen LogP) is 2.81. The van der Waals surface area contributed by atoms with Gasteiger partial charge in [-0.15, -0.1) is 0 Å². The molecule has 0 saturated carbocycles. The highest BCUT2D eigenvalue weighted by Gasteiger charge is 2.36. The van der Waals surface area contributed by atoms with Crippen LogP contribution < -0.4 is 10.2 Å². The van der Waals surface area contributed by atoms with Crippen molar-refractivity contribution in [1.29, 1.82) is 5.26 Å². The summed E-state index contributed by atoms with van der Waals surface area (Å²) < 4.78 is 5.28. The molecular formula is C19H25ClN4O3. The number of fused-ring (bicyclic) bond motifs is 1. The van der Waals surface area contributed by atoms with Crippen LogP contribution in [0.1, 0.15) is 32.8 Å². The summed E-state index contributed by atoms with van der Waals surface area (Å²) >= 11 is 6.57. The largest absolute Gasteiger partial charge is 0.444 e. The van der Waals surface area contributed by atoms with Crippen LogP contribution >= 0.6 is 11.6 Å². The first kappa shape index (κ1) is 19.7. The average molecular weight is 393 g/mol. The molecule has 0 unspecified atom stereocenters. The van der Waals surface area contributed by atoms with Crippen LogP contribution in [0.3, 0.4) is 0 Å². The topological polar surface area (TPSA) is 88.8 Å². The van der Waals surface area contributed by atoms with Crippen molar-refractivity contribution in [3.63, 3.8) is 0 Å². The number of benzene rings is 1. The Morgan fingerprint density at radius 1 is 1.37 bits per heavy atom. The van der Waals surface area contributed by atoms with Crippen molar-refractivity contribution in [2.75, 3.05) is 36.4 Å². The lowest BCUT2D eigenvalue weighted by Crippen LogP contribution is -2.50. The fourth-order valence-corrected chi connectivity index (χ4v) is 3.92. The van der Waals surface area contributed by atoms with E-state index >= 15 is 0 Å². The lowest BCUT2D eigenvalue weighted by atomic mass is 10.1. The number of anilines is 2. The highest BCUT2D eigenvalue weighted by atomic mass is 35.5. The number of piperazine rings is 1. The van der Waals surface area contributed by atoms with Gasteiger partial charge in [0.1, 0.15) is 5.60 Å². The van der Waals surface area contributed by atoms with Gasteiger partial charge in [0.25, 0.3) is 0 Å². The van der Waals surface area contributed by atoms with E-state index in [1.807, 2.05) is 0 Å². The molecule has 27 heavy (non-hydrogen) atoms. The second-order valence-corrected chi connectivity index (χ2v) is 8.46. The number of rotatable bonds is 2. The van der Waals surface area contributed by atoms with E-state index in [1.54, 1.807) is 32.9 Å². The summed E-state index contributed by atoms with van der Waals surface area (Å²) in [6, 6.07) is 5.67. The summed E-state index contributed by atoms with van der Waals surface area (Å²) in [5.41, 5.74) is 0.845. The molecule has 1 aromatic rings. The molecule has 7 nitrogen and oxygen atoms in total. The molecule has 0 radical (unpaired) electrons. The van der Waals surface area contributed by atoms with Crippen molar-refractivity contribution in [3.05, 3.63) is 22.7 Å². The maximum absolute atomic E-state index is 12.1. The molecule has 0 bridgehead atoms. The zero-order valence-electron chi connectivity index (χ0n) is 15.8. The monoisotopic (exact) mass is 392 g/mol. The molecule has 2 heterocycles. The number of carbonyl (C=O) groups is 1. The maximum Gasteiger partial charge on any atom is 0.412 e. The standard InChI is InChI=1S/C19H25ClN4O3/c1-19(2,3)27-18(26)22-15-6-12(9-21)7-16(17(15)20)24-5-4-23-11-14(25)8-13(23)10-24/h6-7,13-14,25H,4-5,8,10-11H2,1-3H3,(H,22,26)/t13-,14+/m0/s1. The van der Waals surface area contributed by atoms with Crippen LogP contribution in [0.2, 0.25) is 5.02 Å². The molecule has 2 atom stereocenters. The van der Waals surface area contributed by atoms with Crippen molar-refractivity contribution < 1.29 is 14.6 Å². The third-order valence-corrected chi connectivity index (χ3v) is 5.15. The van der Waals surface area contributed by atoms with Crippen LogP contribution in [0.5, 0.6) is 0 Å². The van der Waals surface area contributed by atoms with Gasteiger partial charge in [-0.2, -0.15) is 5.26 Å². The van der Waals surface area contributed by atoms with E-state index in [2.05, 4.69) is 21.2 Å². The minimum absolute atomic E-state index is 0.262. The highest BCUT2D eigenvalue weighted by molar-refractivity contribution is 6.36. The number of ether oxygens (including phenoxy) is 1. The van der Waals surface area contributed by atoms with Gasteiger partial charge in [0, 0.05) is 32.2 Å². The smallest absolute Gasteiger partial charge is 0.412 e. The normalized spacial score (nSPS) is 22.9. The minimum atomic E-state index is -0.633. The van der Waals surface area contributed by atoms with Crippen molar-refractivity contribution in [3.8, 4) is 6.07 Å². The van der Waals surface area contributed by atoms with Gasteiger partial charge in [-0.1, -0.05) is 11.6 Å². The second kappa shape index (κ2) is 7.55. The molecule has 2 aliphatic heterocycles. The molecule has 2 saturated heterocycles. The van der Waals surface area contributed by atoms with Gasteiger partial charge in [-0.25, -0.2) is 4.79 Å². The number of nitrogens with one attached hydrogen (secondary N) is 1. The highest BCUT2D eigenvalue weighted by Crippen LogP contribution is 2.37. The van der Waals surface area contributed by atoms with Gasteiger partial charge in [-0.05, 0) is 39.3 Å². The van der Waals surface area contributed by atoms with E-state index < -0.39 is 11.7 Å². The van der Waals surface area contributed by atoms with Gasteiger partial charge in [0.2, 0.25) is 0 Å². The second-order valence-electron chi connectivity index (χ2n) is 8.08. The molecule has 2 aliphatic rings. The Morgan fingerprint density at radius 2 is 2.11 bits per heavy atom. The number of hydrogen-bond donors (Lipinski definition) is 2. The van der Waals surface area contributed by atoms with Gasteiger partial charge in [-0.3, -0.25) is 10.2 Å². The zero-order chi connectivity index (χ0) is 19.8. The van der Waals surface area contributed by atoms with Crippen molar-refractivity contribution >= 4 is 29.1 Å². The van der Waals surface area contributed by atoms with Gasteiger partial charge < -0.3 is 14.7 Å². The molecule has 3 rings (SSSR count). The Morgan fingerprint density at radius 3 is 2.78 bits per heavy atom. The number of nitriles is 1. The number of nitrogens with zero attached hydrogens (tertiary/aromatic N) is 3. The predicted molar refractivity (Wildman–Crippen MR) is 104 cm³/mol. The quantitative estimate of drug-likeness (QED) is 0.804. The van der Waals surface area contributed by atoms with Crippen LogP contribution in [-0.2, 0) is 4.74 Å². The van der Waals surface area contributed by atoms with Gasteiger partial charge >= 0.3 is 6.09 Å². The van der Waals surface area contributed by atoms with Crippen LogP contribution in [-0.4, -0.2) is 60.0 Å². The fraction of sp³-hybridized carbons (Fsp3) is 0.579. The van der Waals surface area contributed by atoms with Gasteiger partial charge in [0.15, 0.2) is 0 Å². The molecule has 1 amide bonds. The van der Waals surface area contributed by atoms with Crippen molar-refractivity contribution in [2.45, 2.75) is 44.9 Å². The fourth-order valence-electron chi connectivity index (χ4n) is 3.64. The van der Waals surface area contributed by atoms with E-state index in [9.17, 15) is 15.2 Å². The molecule has 2 fully saturated rings. The van der Waals surface area contributed by atoms with Gasteiger partial charge in [0.05, 0.1) is 34.1 Å². The number of halogens is 1. The average Bonchev–Trinajstić information content (AvgIpc) is 2.94. The SMILES string of the molecule is CC(C)(C)OC(=O)Nc1cc(C#N)cc(N2CCN3C[C@H](O)C[C@H]3C2)c1Cl. The number of aliphatic hydroxyl groups excluding tert-OH is 1. The maximum atomic E-state index is 12.1.